The number of fused-ring (bicyclic) bond motifs is 1. The SMILES string of the molecule is CC(C)Cn1cc(-c2ccc(O)c3ccccc23)cn1. The number of hydrogen-bond donors (Lipinski definition) is 1. The number of aromatic hydroxyl groups is 1. The lowest BCUT2D eigenvalue weighted by molar-refractivity contribution is 0.481. The van der Waals surface area contributed by atoms with E-state index in [4.69, 9.17) is 0 Å². The molecule has 0 saturated carbocycles. The monoisotopic (exact) mass is 266 g/mol. The highest BCUT2D eigenvalue weighted by Gasteiger charge is 2.09. The molecule has 20 heavy (non-hydrogen) atoms. The summed E-state index contributed by atoms with van der Waals surface area (Å²) >= 11 is 0. The number of nitrogens with zero attached hydrogens (tertiary/aromatic N) is 2. The summed E-state index contributed by atoms with van der Waals surface area (Å²) in [5.74, 6) is 0.887. The Morgan fingerprint density at radius 3 is 2.60 bits per heavy atom. The zero-order valence-corrected chi connectivity index (χ0v) is 11.7. The van der Waals surface area contributed by atoms with Crippen molar-refractivity contribution in [2.75, 3.05) is 0 Å². The highest BCUT2D eigenvalue weighted by Crippen LogP contribution is 2.33. The number of phenolic OH excluding ortho intramolecular Hbond substituents is 1. The quantitative estimate of drug-likeness (QED) is 0.776. The second kappa shape index (κ2) is 5.00. The summed E-state index contributed by atoms with van der Waals surface area (Å²) in [5, 5.41) is 16.3. The molecule has 0 radical (unpaired) electrons. The second-order valence-corrected chi connectivity index (χ2v) is 5.52. The standard InChI is InChI=1S/C17H18N2O/c1-12(2)10-19-11-13(9-18-19)14-7-8-17(20)16-6-4-3-5-15(14)16/h3-9,11-12,20H,10H2,1-2H3. The third kappa shape index (κ3) is 2.27. The molecule has 0 aliphatic carbocycles. The van der Waals surface area contributed by atoms with E-state index in [1.165, 1.54) is 0 Å². The Hall–Kier alpha value is -2.29. The summed E-state index contributed by atoms with van der Waals surface area (Å²) < 4.78 is 1.97. The lowest BCUT2D eigenvalue weighted by atomic mass is 10.00. The van der Waals surface area contributed by atoms with Gasteiger partial charge in [-0.3, -0.25) is 4.68 Å². The Morgan fingerprint density at radius 1 is 1.10 bits per heavy atom. The fourth-order valence-electron chi connectivity index (χ4n) is 2.51. The number of rotatable bonds is 3. The van der Waals surface area contributed by atoms with Gasteiger partial charge < -0.3 is 5.11 Å². The van der Waals surface area contributed by atoms with Crippen molar-refractivity contribution in [2.45, 2.75) is 20.4 Å². The van der Waals surface area contributed by atoms with Gasteiger partial charge in [0.1, 0.15) is 5.75 Å². The molecule has 0 saturated heterocycles. The van der Waals surface area contributed by atoms with Crippen molar-refractivity contribution in [3.05, 3.63) is 48.8 Å². The molecular formula is C17H18N2O. The predicted octanol–water partition coefficient (Wildman–Crippen LogP) is 4.06. The first-order valence-electron chi connectivity index (χ1n) is 6.88. The first kappa shape index (κ1) is 12.7. The van der Waals surface area contributed by atoms with Gasteiger partial charge in [0.2, 0.25) is 0 Å². The van der Waals surface area contributed by atoms with Crippen LogP contribution < -0.4 is 0 Å². The molecule has 3 rings (SSSR count). The van der Waals surface area contributed by atoms with Crippen LogP contribution in [0.4, 0.5) is 0 Å². The summed E-state index contributed by atoms with van der Waals surface area (Å²) in [6.07, 6.45) is 3.96. The van der Waals surface area contributed by atoms with E-state index in [1.807, 2.05) is 41.2 Å². The average Bonchev–Trinajstić information content (AvgIpc) is 2.87. The van der Waals surface area contributed by atoms with Gasteiger partial charge in [0.15, 0.2) is 0 Å². The molecule has 0 amide bonds. The normalized spacial score (nSPS) is 11.3. The highest BCUT2D eigenvalue weighted by atomic mass is 16.3. The third-order valence-electron chi connectivity index (χ3n) is 3.40. The molecule has 0 unspecified atom stereocenters. The average molecular weight is 266 g/mol. The van der Waals surface area contributed by atoms with Gasteiger partial charge in [-0.15, -0.1) is 0 Å². The topological polar surface area (TPSA) is 38.0 Å². The van der Waals surface area contributed by atoms with Crippen LogP contribution in [-0.4, -0.2) is 14.9 Å². The Balaban J connectivity index is 2.10. The summed E-state index contributed by atoms with van der Waals surface area (Å²) in [6.45, 7) is 5.27. The van der Waals surface area contributed by atoms with E-state index in [0.29, 0.717) is 11.7 Å². The fraction of sp³-hybridized carbons (Fsp3) is 0.235. The Kier molecular flexibility index (Phi) is 3.18. The fourth-order valence-corrected chi connectivity index (χ4v) is 2.51. The van der Waals surface area contributed by atoms with Crippen LogP contribution in [0.5, 0.6) is 5.75 Å². The first-order chi connectivity index (χ1) is 9.65. The van der Waals surface area contributed by atoms with Crippen LogP contribution in [-0.2, 0) is 6.54 Å². The molecule has 2 aromatic carbocycles. The minimum absolute atomic E-state index is 0.318. The lowest BCUT2D eigenvalue weighted by Gasteiger charge is -2.06. The van der Waals surface area contributed by atoms with Crippen LogP contribution in [0.25, 0.3) is 21.9 Å². The van der Waals surface area contributed by atoms with Gasteiger partial charge in [-0.2, -0.15) is 5.10 Å². The largest absolute Gasteiger partial charge is 0.507 e. The first-order valence-corrected chi connectivity index (χ1v) is 6.88. The molecule has 0 bridgehead atoms. The molecule has 1 N–H and O–H groups in total. The van der Waals surface area contributed by atoms with E-state index in [2.05, 4.69) is 25.1 Å². The summed E-state index contributed by atoms with van der Waals surface area (Å²) in [7, 11) is 0. The molecule has 0 aliphatic rings. The van der Waals surface area contributed by atoms with Crippen molar-refractivity contribution < 1.29 is 5.11 Å². The van der Waals surface area contributed by atoms with Crippen molar-refractivity contribution in [1.82, 2.24) is 9.78 Å². The predicted molar refractivity (Wildman–Crippen MR) is 81.7 cm³/mol. The number of phenols is 1. The van der Waals surface area contributed by atoms with E-state index in [-0.39, 0.29) is 0 Å². The second-order valence-electron chi connectivity index (χ2n) is 5.52. The van der Waals surface area contributed by atoms with Crippen LogP contribution in [0.1, 0.15) is 13.8 Å². The van der Waals surface area contributed by atoms with Crippen molar-refractivity contribution in [2.24, 2.45) is 5.92 Å². The van der Waals surface area contributed by atoms with Crippen molar-refractivity contribution in [3.63, 3.8) is 0 Å². The van der Waals surface area contributed by atoms with Gasteiger partial charge in [0.25, 0.3) is 0 Å². The summed E-state index contributed by atoms with van der Waals surface area (Å²) in [4.78, 5) is 0. The molecule has 0 aliphatic heterocycles. The van der Waals surface area contributed by atoms with Crippen molar-refractivity contribution in [3.8, 4) is 16.9 Å². The van der Waals surface area contributed by atoms with Crippen molar-refractivity contribution >= 4 is 10.8 Å². The lowest BCUT2D eigenvalue weighted by Crippen LogP contribution is -2.03. The smallest absolute Gasteiger partial charge is 0.123 e. The molecule has 3 nitrogen and oxygen atoms in total. The van der Waals surface area contributed by atoms with Gasteiger partial charge in [-0.25, -0.2) is 0 Å². The van der Waals surface area contributed by atoms with E-state index in [9.17, 15) is 5.11 Å². The van der Waals surface area contributed by atoms with Crippen LogP contribution in [0.15, 0.2) is 48.8 Å². The highest BCUT2D eigenvalue weighted by molar-refractivity contribution is 5.99. The molecular weight excluding hydrogens is 248 g/mol. The van der Waals surface area contributed by atoms with Gasteiger partial charge in [-0.1, -0.05) is 38.1 Å². The molecule has 0 atom stereocenters. The molecule has 0 spiro atoms. The zero-order chi connectivity index (χ0) is 14.1. The number of hydrogen-bond acceptors (Lipinski definition) is 2. The zero-order valence-electron chi connectivity index (χ0n) is 11.7. The van der Waals surface area contributed by atoms with Gasteiger partial charge in [0.05, 0.1) is 6.20 Å². The van der Waals surface area contributed by atoms with Gasteiger partial charge >= 0.3 is 0 Å². The summed E-state index contributed by atoms with van der Waals surface area (Å²) in [6, 6.07) is 11.6. The Labute approximate surface area is 118 Å². The maximum Gasteiger partial charge on any atom is 0.123 e. The third-order valence-corrected chi connectivity index (χ3v) is 3.40. The van der Waals surface area contributed by atoms with Crippen LogP contribution in [0.2, 0.25) is 0 Å². The molecule has 1 aromatic heterocycles. The van der Waals surface area contributed by atoms with Crippen LogP contribution in [0, 0.1) is 5.92 Å². The molecule has 3 heteroatoms. The Morgan fingerprint density at radius 2 is 1.85 bits per heavy atom. The van der Waals surface area contributed by atoms with E-state index in [1.54, 1.807) is 6.07 Å². The number of benzene rings is 2. The molecule has 3 aromatic rings. The molecule has 102 valence electrons. The molecule has 0 fully saturated rings. The number of aromatic nitrogens is 2. The van der Waals surface area contributed by atoms with Gasteiger partial charge in [-0.05, 0) is 29.0 Å². The minimum Gasteiger partial charge on any atom is -0.507 e. The van der Waals surface area contributed by atoms with E-state index in [0.717, 1.165) is 28.4 Å². The molecule has 1 heterocycles. The summed E-state index contributed by atoms with van der Waals surface area (Å²) in [5.41, 5.74) is 2.19. The van der Waals surface area contributed by atoms with Crippen LogP contribution in [0.3, 0.4) is 0 Å². The van der Waals surface area contributed by atoms with Gasteiger partial charge in [0, 0.05) is 23.7 Å². The maximum atomic E-state index is 9.95. The van der Waals surface area contributed by atoms with Crippen molar-refractivity contribution in [1.29, 1.82) is 0 Å². The van der Waals surface area contributed by atoms with Crippen LogP contribution >= 0.6 is 0 Å². The van der Waals surface area contributed by atoms with E-state index < -0.39 is 0 Å². The maximum absolute atomic E-state index is 9.95. The Bertz CT molecular complexity index is 744. The minimum atomic E-state index is 0.318. The van der Waals surface area contributed by atoms with E-state index >= 15 is 0 Å².